The first-order valence-corrected chi connectivity index (χ1v) is 12.5. The number of hydrogen-bond donors (Lipinski definition) is 1. The zero-order valence-electron chi connectivity index (χ0n) is 20.7. The lowest BCUT2D eigenvalue weighted by Gasteiger charge is -2.37. The van der Waals surface area contributed by atoms with Crippen LogP contribution in [0.2, 0.25) is 0 Å². The van der Waals surface area contributed by atoms with Gasteiger partial charge in [-0.3, -0.25) is 4.79 Å². The largest absolute Gasteiger partial charge is 0.416 e. The first kappa shape index (κ1) is 27.4. The van der Waals surface area contributed by atoms with Crippen molar-refractivity contribution in [3.05, 3.63) is 47.3 Å². The minimum absolute atomic E-state index is 0.0458. The van der Waals surface area contributed by atoms with E-state index in [1.165, 1.54) is 0 Å². The van der Waals surface area contributed by atoms with Crippen molar-refractivity contribution < 1.29 is 31.1 Å². The molecular formula is C25H31F6N5O. The number of likely N-dealkylation sites (tertiary alicyclic amines) is 1. The molecule has 37 heavy (non-hydrogen) atoms. The van der Waals surface area contributed by atoms with E-state index in [0.29, 0.717) is 25.0 Å². The first-order chi connectivity index (χ1) is 17.3. The molecule has 4 rings (SSSR count). The Labute approximate surface area is 211 Å². The van der Waals surface area contributed by atoms with Gasteiger partial charge in [0.05, 0.1) is 35.0 Å². The van der Waals surface area contributed by atoms with Crippen LogP contribution in [-0.2, 0) is 23.7 Å². The van der Waals surface area contributed by atoms with E-state index in [1.807, 2.05) is 13.8 Å². The van der Waals surface area contributed by atoms with Crippen molar-refractivity contribution in [2.45, 2.75) is 76.9 Å². The number of carbonyl (C=O) groups is 1. The highest BCUT2D eigenvalue weighted by Gasteiger charge is 2.49. The number of hydrogen-bond acceptors (Lipinski definition) is 4. The van der Waals surface area contributed by atoms with Crippen molar-refractivity contribution in [1.82, 2.24) is 25.2 Å². The third-order valence-electron chi connectivity index (χ3n) is 7.96. The molecule has 0 spiro atoms. The fraction of sp³-hybridized carbons (Fsp3) is 0.640. The van der Waals surface area contributed by atoms with E-state index in [9.17, 15) is 31.1 Å². The van der Waals surface area contributed by atoms with Crippen LogP contribution in [0.3, 0.4) is 0 Å². The molecule has 6 nitrogen and oxygen atoms in total. The Balaban J connectivity index is 1.43. The average Bonchev–Trinajstić information content (AvgIpc) is 3.53. The number of nitrogens with one attached hydrogen (secondary N) is 1. The van der Waals surface area contributed by atoms with Gasteiger partial charge in [0.1, 0.15) is 0 Å². The summed E-state index contributed by atoms with van der Waals surface area (Å²) in [5.41, 5.74) is -3.75. The molecular weight excluding hydrogens is 500 g/mol. The molecule has 1 amide bonds. The van der Waals surface area contributed by atoms with Gasteiger partial charge in [-0.25, -0.2) is 0 Å². The predicted molar refractivity (Wildman–Crippen MR) is 123 cm³/mol. The van der Waals surface area contributed by atoms with Gasteiger partial charge < -0.3 is 10.2 Å². The molecule has 2 fully saturated rings. The van der Waals surface area contributed by atoms with Gasteiger partial charge in [0.2, 0.25) is 5.91 Å². The second kappa shape index (κ2) is 10.3. The van der Waals surface area contributed by atoms with Crippen LogP contribution in [0.1, 0.15) is 68.7 Å². The van der Waals surface area contributed by atoms with Crippen molar-refractivity contribution >= 4 is 5.91 Å². The van der Waals surface area contributed by atoms with Gasteiger partial charge >= 0.3 is 12.4 Å². The first-order valence-electron chi connectivity index (χ1n) is 12.5. The Morgan fingerprint density at radius 2 is 1.54 bits per heavy atom. The monoisotopic (exact) mass is 531 g/mol. The number of aromatic nitrogens is 3. The van der Waals surface area contributed by atoms with E-state index < -0.39 is 35.4 Å². The fourth-order valence-corrected chi connectivity index (χ4v) is 5.73. The molecule has 0 bridgehead atoms. The molecule has 1 aromatic heterocycles. The Hall–Kier alpha value is -2.63. The van der Waals surface area contributed by atoms with E-state index in [4.69, 9.17) is 0 Å². The van der Waals surface area contributed by atoms with Crippen LogP contribution in [0.4, 0.5) is 26.3 Å². The number of piperidine rings is 1. The third kappa shape index (κ3) is 5.94. The minimum Gasteiger partial charge on any atom is -0.352 e. The molecule has 2 atom stereocenters. The molecule has 12 heteroatoms. The maximum Gasteiger partial charge on any atom is 0.416 e. The SMILES string of the molecule is CC(C)[C@]1(C(=O)NCc2cc(C(F)(F)F)cc(C(F)(F)F)c2)CC[C@@H](N2CCC(n3nccn3)CC2)C1. The van der Waals surface area contributed by atoms with Crippen LogP contribution in [-0.4, -0.2) is 44.9 Å². The van der Waals surface area contributed by atoms with E-state index in [2.05, 4.69) is 20.4 Å². The van der Waals surface area contributed by atoms with Gasteiger partial charge in [-0.05, 0) is 61.8 Å². The summed E-state index contributed by atoms with van der Waals surface area (Å²) >= 11 is 0. The van der Waals surface area contributed by atoms with Crippen LogP contribution in [0.15, 0.2) is 30.6 Å². The molecule has 1 aromatic carbocycles. The molecule has 1 aliphatic carbocycles. The molecule has 0 unspecified atom stereocenters. The smallest absolute Gasteiger partial charge is 0.352 e. The van der Waals surface area contributed by atoms with E-state index in [1.54, 1.807) is 17.2 Å². The molecule has 0 radical (unpaired) electrons. The van der Waals surface area contributed by atoms with Crippen LogP contribution in [0.25, 0.3) is 0 Å². The Kier molecular flexibility index (Phi) is 7.60. The van der Waals surface area contributed by atoms with Crippen LogP contribution in [0.5, 0.6) is 0 Å². The molecule has 1 saturated heterocycles. The summed E-state index contributed by atoms with van der Waals surface area (Å²) in [6.45, 7) is 5.15. The molecule has 1 aliphatic heterocycles. The van der Waals surface area contributed by atoms with Crippen molar-refractivity contribution in [3.63, 3.8) is 0 Å². The zero-order chi connectivity index (χ0) is 27.0. The molecule has 1 saturated carbocycles. The Morgan fingerprint density at radius 3 is 2.05 bits per heavy atom. The van der Waals surface area contributed by atoms with Gasteiger partial charge in [0.25, 0.3) is 0 Å². The number of halogens is 6. The van der Waals surface area contributed by atoms with Crippen molar-refractivity contribution in [2.24, 2.45) is 11.3 Å². The fourth-order valence-electron chi connectivity index (χ4n) is 5.73. The summed E-state index contributed by atoms with van der Waals surface area (Å²) in [4.78, 5) is 17.5. The highest BCUT2D eigenvalue weighted by molar-refractivity contribution is 5.83. The highest BCUT2D eigenvalue weighted by Crippen LogP contribution is 2.47. The van der Waals surface area contributed by atoms with Gasteiger partial charge in [-0.2, -0.15) is 41.3 Å². The number of nitrogens with zero attached hydrogens (tertiary/aromatic N) is 4. The average molecular weight is 532 g/mol. The highest BCUT2D eigenvalue weighted by atomic mass is 19.4. The van der Waals surface area contributed by atoms with Crippen LogP contribution < -0.4 is 5.32 Å². The Bertz CT molecular complexity index is 1040. The molecule has 1 N–H and O–H groups in total. The number of benzene rings is 1. The van der Waals surface area contributed by atoms with Gasteiger partial charge in [0.15, 0.2) is 0 Å². The standard InChI is InChI=1S/C25H31F6N5O/c1-16(2)23(6-3-21(14-23)35-9-4-20(5-10-35)36-33-7-8-34-36)22(37)32-15-17-11-18(24(26,27)28)13-19(12-17)25(29,30)31/h7-8,11-13,16,20-21H,3-6,9-10,14-15H2,1-2H3,(H,32,37)/t21-,23+/m1/s1. The van der Waals surface area contributed by atoms with E-state index in [0.717, 1.165) is 32.4 Å². The summed E-state index contributed by atoms with van der Waals surface area (Å²) in [6.07, 6.45) is -2.76. The third-order valence-corrected chi connectivity index (χ3v) is 7.96. The summed E-state index contributed by atoms with van der Waals surface area (Å²) < 4.78 is 79.2. The maximum atomic E-state index is 13.4. The second-order valence-electron chi connectivity index (χ2n) is 10.4. The normalized spacial score (nSPS) is 24.1. The molecule has 2 aliphatic rings. The topological polar surface area (TPSA) is 63.1 Å². The lowest BCUT2D eigenvalue weighted by molar-refractivity contribution is -0.143. The minimum atomic E-state index is -4.93. The van der Waals surface area contributed by atoms with E-state index in [-0.39, 0.29) is 35.5 Å². The van der Waals surface area contributed by atoms with Gasteiger partial charge in [0, 0.05) is 25.7 Å². The van der Waals surface area contributed by atoms with Crippen molar-refractivity contribution in [1.29, 1.82) is 0 Å². The van der Waals surface area contributed by atoms with Gasteiger partial charge in [-0.1, -0.05) is 13.8 Å². The Morgan fingerprint density at radius 1 is 0.973 bits per heavy atom. The summed E-state index contributed by atoms with van der Waals surface area (Å²) in [5, 5.41) is 11.1. The summed E-state index contributed by atoms with van der Waals surface area (Å²) in [7, 11) is 0. The zero-order valence-corrected chi connectivity index (χ0v) is 20.7. The van der Waals surface area contributed by atoms with Gasteiger partial charge in [-0.15, -0.1) is 0 Å². The number of amides is 1. The lowest BCUT2D eigenvalue weighted by Crippen LogP contribution is -2.46. The van der Waals surface area contributed by atoms with Crippen LogP contribution in [0, 0.1) is 11.3 Å². The number of alkyl halides is 6. The second-order valence-corrected chi connectivity index (χ2v) is 10.4. The van der Waals surface area contributed by atoms with Crippen LogP contribution >= 0.6 is 0 Å². The van der Waals surface area contributed by atoms with Crippen molar-refractivity contribution in [3.8, 4) is 0 Å². The predicted octanol–water partition coefficient (Wildman–Crippen LogP) is 5.46. The quantitative estimate of drug-likeness (QED) is 0.503. The summed E-state index contributed by atoms with van der Waals surface area (Å²) in [5.74, 6) is -0.373. The molecule has 2 aromatic rings. The van der Waals surface area contributed by atoms with Crippen molar-refractivity contribution in [2.75, 3.05) is 13.1 Å². The lowest BCUT2D eigenvalue weighted by atomic mass is 9.74. The summed E-state index contributed by atoms with van der Waals surface area (Å²) in [6, 6.07) is 1.83. The number of rotatable bonds is 6. The molecule has 204 valence electrons. The van der Waals surface area contributed by atoms with E-state index >= 15 is 0 Å². The molecule has 2 heterocycles. The number of carbonyl (C=O) groups excluding carboxylic acids is 1. The maximum absolute atomic E-state index is 13.4.